The van der Waals surface area contributed by atoms with Crippen molar-refractivity contribution >= 4 is 11.8 Å². The number of hydrogen-bond donors (Lipinski definition) is 2. The minimum absolute atomic E-state index is 0.320. The third-order valence-electron chi connectivity index (χ3n) is 2.96. The lowest BCUT2D eigenvalue weighted by molar-refractivity contribution is 0.782. The van der Waals surface area contributed by atoms with Crippen molar-refractivity contribution in [3.05, 3.63) is 47.7 Å². The summed E-state index contributed by atoms with van der Waals surface area (Å²) < 4.78 is 0. The maximum absolute atomic E-state index is 4.44. The molecule has 4 heteroatoms. The minimum atomic E-state index is 0.320. The summed E-state index contributed by atoms with van der Waals surface area (Å²) in [5, 5.41) is 6.40. The molecule has 4 nitrogen and oxygen atoms in total. The molecule has 1 atom stereocenters. The SMILES string of the molecule is CNc1ncc(C)c(NC(C)Cc2ccccc2)n1. The number of aryl methyl sites for hydroxylation is 1. The van der Waals surface area contributed by atoms with Crippen LogP contribution in [0.4, 0.5) is 11.8 Å². The Labute approximate surface area is 114 Å². The second-order valence-corrected chi connectivity index (χ2v) is 4.71. The Morgan fingerprint density at radius 2 is 1.95 bits per heavy atom. The first kappa shape index (κ1) is 13.3. The van der Waals surface area contributed by atoms with Gasteiger partial charge in [-0.25, -0.2) is 4.98 Å². The summed E-state index contributed by atoms with van der Waals surface area (Å²) in [6.07, 6.45) is 2.80. The number of nitrogens with one attached hydrogen (secondary N) is 2. The van der Waals surface area contributed by atoms with Gasteiger partial charge in [-0.15, -0.1) is 0 Å². The molecule has 0 saturated heterocycles. The molecule has 1 aromatic carbocycles. The van der Waals surface area contributed by atoms with Crippen molar-refractivity contribution in [2.75, 3.05) is 17.7 Å². The van der Waals surface area contributed by atoms with Gasteiger partial charge in [0.15, 0.2) is 0 Å². The highest BCUT2D eigenvalue weighted by molar-refractivity contribution is 5.47. The number of aromatic nitrogens is 2. The predicted octanol–water partition coefficient (Wildman–Crippen LogP) is 2.87. The van der Waals surface area contributed by atoms with Crippen LogP contribution >= 0.6 is 0 Å². The Morgan fingerprint density at radius 1 is 1.21 bits per heavy atom. The topological polar surface area (TPSA) is 49.8 Å². The van der Waals surface area contributed by atoms with Gasteiger partial charge in [0.05, 0.1) is 0 Å². The standard InChI is InChI=1S/C15H20N4/c1-11-10-17-15(16-3)19-14(11)18-12(2)9-13-7-5-4-6-8-13/h4-8,10,12H,9H2,1-3H3,(H2,16,17,18,19). The Kier molecular flexibility index (Phi) is 4.34. The van der Waals surface area contributed by atoms with E-state index in [0.717, 1.165) is 17.8 Å². The zero-order chi connectivity index (χ0) is 13.7. The first-order valence-electron chi connectivity index (χ1n) is 6.51. The van der Waals surface area contributed by atoms with Crippen LogP contribution in [0.5, 0.6) is 0 Å². The molecule has 0 bridgehead atoms. The zero-order valence-corrected chi connectivity index (χ0v) is 11.6. The summed E-state index contributed by atoms with van der Waals surface area (Å²) >= 11 is 0. The van der Waals surface area contributed by atoms with E-state index < -0.39 is 0 Å². The van der Waals surface area contributed by atoms with Crippen molar-refractivity contribution in [2.45, 2.75) is 26.3 Å². The molecule has 0 amide bonds. The molecule has 2 rings (SSSR count). The van der Waals surface area contributed by atoms with Gasteiger partial charge in [0, 0.05) is 24.8 Å². The third kappa shape index (κ3) is 3.68. The molecule has 0 spiro atoms. The van der Waals surface area contributed by atoms with E-state index in [1.807, 2.05) is 26.2 Å². The Morgan fingerprint density at radius 3 is 2.63 bits per heavy atom. The highest BCUT2D eigenvalue weighted by atomic mass is 15.1. The van der Waals surface area contributed by atoms with E-state index >= 15 is 0 Å². The highest BCUT2D eigenvalue weighted by Gasteiger charge is 2.07. The molecule has 0 radical (unpaired) electrons. The van der Waals surface area contributed by atoms with Crippen molar-refractivity contribution in [1.82, 2.24) is 9.97 Å². The molecule has 1 heterocycles. The van der Waals surface area contributed by atoms with E-state index in [4.69, 9.17) is 0 Å². The maximum Gasteiger partial charge on any atom is 0.224 e. The van der Waals surface area contributed by atoms with Gasteiger partial charge in [-0.3, -0.25) is 0 Å². The average Bonchev–Trinajstić information content (AvgIpc) is 2.42. The molecule has 100 valence electrons. The van der Waals surface area contributed by atoms with Gasteiger partial charge in [0.2, 0.25) is 5.95 Å². The van der Waals surface area contributed by atoms with Gasteiger partial charge in [0.1, 0.15) is 5.82 Å². The highest BCUT2D eigenvalue weighted by Crippen LogP contribution is 2.15. The lowest BCUT2D eigenvalue weighted by atomic mass is 10.1. The van der Waals surface area contributed by atoms with Crippen molar-refractivity contribution < 1.29 is 0 Å². The number of nitrogens with zero attached hydrogens (tertiary/aromatic N) is 2. The maximum atomic E-state index is 4.44. The first-order valence-corrected chi connectivity index (χ1v) is 6.51. The molecule has 0 fully saturated rings. The van der Waals surface area contributed by atoms with Crippen LogP contribution < -0.4 is 10.6 Å². The third-order valence-corrected chi connectivity index (χ3v) is 2.96. The molecule has 0 aliphatic carbocycles. The second-order valence-electron chi connectivity index (χ2n) is 4.71. The molecular weight excluding hydrogens is 236 g/mol. The van der Waals surface area contributed by atoms with E-state index in [1.54, 1.807) is 0 Å². The number of rotatable bonds is 5. The number of hydrogen-bond acceptors (Lipinski definition) is 4. The van der Waals surface area contributed by atoms with Crippen molar-refractivity contribution in [2.24, 2.45) is 0 Å². The van der Waals surface area contributed by atoms with E-state index in [0.29, 0.717) is 12.0 Å². The van der Waals surface area contributed by atoms with Gasteiger partial charge in [0.25, 0.3) is 0 Å². The summed E-state index contributed by atoms with van der Waals surface area (Å²) in [6.45, 7) is 4.17. The Hall–Kier alpha value is -2.10. The second kappa shape index (κ2) is 6.18. The van der Waals surface area contributed by atoms with Crippen molar-refractivity contribution in [1.29, 1.82) is 0 Å². The minimum Gasteiger partial charge on any atom is -0.367 e. The summed E-state index contributed by atoms with van der Waals surface area (Å²) in [6, 6.07) is 10.8. The molecule has 19 heavy (non-hydrogen) atoms. The molecule has 2 aromatic rings. The lowest BCUT2D eigenvalue weighted by Gasteiger charge is -2.16. The van der Waals surface area contributed by atoms with E-state index in [9.17, 15) is 0 Å². The van der Waals surface area contributed by atoms with Crippen LogP contribution in [0.2, 0.25) is 0 Å². The Balaban J connectivity index is 2.04. The van der Waals surface area contributed by atoms with Crippen LogP contribution in [0.15, 0.2) is 36.5 Å². The molecule has 0 saturated carbocycles. The van der Waals surface area contributed by atoms with Crippen LogP contribution in [0.3, 0.4) is 0 Å². The number of benzene rings is 1. The first-order chi connectivity index (χ1) is 9.19. The summed E-state index contributed by atoms with van der Waals surface area (Å²) in [4.78, 5) is 8.63. The monoisotopic (exact) mass is 256 g/mol. The zero-order valence-electron chi connectivity index (χ0n) is 11.6. The molecule has 1 aromatic heterocycles. The molecular formula is C15H20N4. The van der Waals surface area contributed by atoms with E-state index in [2.05, 4.69) is 51.8 Å². The van der Waals surface area contributed by atoms with Gasteiger partial charge in [-0.1, -0.05) is 30.3 Å². The Bertz CT molecular complexity index is 525. The number of anilines is 2. The predicted molar refractivity (Wildman–Crippen MR) is 79.5 cm³/mol. The summed E-state index contributed by atoms with van der Waals surface area (Å²) in [5.74, 6) is 1.53. The van der Waals surface area contributed by atoms with Gasteiger partial charge in [-0.05, 0) is 25.8 Å². The van der Waals surface area contributed by atoms with Gasteiger partial charge >= 0.3 is 0 Å². The van der Waals surface area contributed by atoms with Gasteiger partial charge in [-0.2, -0.15) is 4.98 Å². The van der Waals surface area contributed by atoms with Gasteiger partial charge < -0.3 is 10.6 Å². The lowest BCUT2D eigenvalue weighted by Crippen LogP contribution is -2.20. The van der Waals surface area contributed by atoms with Crippen LogP contribution in [-0.4, -0.2) is 23.1 Å². The summed E-state index contributed by atoms with van der Waals surface area (Å²) in [7, 11) is 1.82. The van der Waals surface area contributed by atoms with Crippen molar-refractivity contribution in [3.63, 3.8) is 0 Å². The fourth-order valence-electron chi connectivity index (χ4n) is 1.96. The smallest absolute Gasteiger partial charge is 0.224 e. The molecule has 0 aliphatic rings. The van der Waals surface area contributed by atoms with Crippen LogP contribution in [0.25, 0.3) is 0 Å². The fraction of sp³-hybridized carbons (Fsp3) is 0.333. The van der Waals surface area contributed by atoms with Crippen LogP contribution in [-0.2, 0) is 6.42 Å². The van der Waals surface area contributed by atoms with E-state index in [-0.39, 0.29) is 0 Å². The average molecular weight is 256 g/mol. The van der Waals surface area contributed by atoms with E-state index in [1.165, 1.54) is 5.56 Å². The normalized spacial score (nSPS) is 11.9. The van der Waals surface area contributed by atoms with Crippen LogP contribution in [0, 0.1) is 6.92 Å². The molecule has 2 N–H and O–H groups in total. The van der Waals surface area contributed by atoms with Crippen molar-refractivity contribution in [3.8, 4) is 0 Å². The fourth-order valence-corrected chi connectivity index (χ4v) is 1.96. The quantitative estimate of drug-likeness (QED) is 0.863. The largest absolute Gasteiger partial charge is 0.367 e. The molecule has 0 aliphatic heterocycles. The molecule has 1 unspecified atom stereocenters. The summed E-state index contributed by atoms with van der Waals surface area (Å²) in [5.41, 5.74) is 2.38. The van der Waals surface area contributed by atoms with Crippen LogP contribution in [0.1, 0.15) is 18.1 Å².